The van der Waals surface area contributed by atoms with Crippen molar-refractivity contribution in [1.82, 2.24) is 0 Å². The summed E-state index contributed by atoms with van der Waals surface area (Å²) in [5, 5.41) is 9.98. The van der Waals surface area contributed by atoms with Gasteiger partial charge in [0.25, 0.3) is 0 Å². The molecule has 0 unspecified atom stereocenters. The molecule has 0 atom stereocenters. The van der Waals surface area contributed by atoms with E-state index in [0.29, 0.717) is 0 Å². The van der Waals surface area contributed by atoms with Crippen molar-refractivity contribution in [3.63, 3.8) is 0 Å². The highest BCUT2D eigenvalue weighted by atomic mass is 32.2. The van der Waals surface area contributed by atoms with Gasteiger partial charge < -0.3 is 5.11 Å². The molecule has 1 saturated carbocycles. The van der Waals surface area contributed by atoms with Crippen molar-refractivity contribution in [3.8, 4) is 0 Å². The van der Waals surface area contributed by atoms with Crippen LogP contribution < -0.4 is 0 Å². The van der Waals surface area contributed by atoms with Crippen LogP contribution in [-0.4, -0.2) is 22.2 Å². The molecule has 17 heavy (non-hydrogen) atoms. The van der Waals surface area contributed by atoms with E-state index < -0.39 is 0 Å². The smallest absolute Gasteiger partial charge is 0.0690 e. The van der Waals surface area contributed by atoms with Crippen LogP contribution in [0.2, 0.25) is 0 Å². The van der Waals surface area contributed by atoms with Gasteiger partial charge in [-0.25, -0.2) is 0 Å². The van der Waals surface area contributed by atoms with Gasteiger partial charge in [0.2, 0.25) is 0 Å². The first-order valence-corrected chi connectivity index (χ1v) is 7.80. The number of hydrogen-bond acceptors (Lipinski definition) is 2. The predicted octanol–water partition coefficient (Wildman–Crippen LogP) is 3.36. The molecule has 0 radical (unpaired) electrons. The zero-order chi connectivity index (χ0) is 11.7. The van der Waals surface area contributed by atoms with Gasteiger partial charge in [-0.2, -0.15) is 11.8 Å². The lowest BCUT2D eigenvalue weighted by molar-refractivity contribution is 0.151. The van der Waals surface area contributed by atoms with E-state index in [1.54, 1.807) is 0 Å². The molecule has 2 heteroatoms. The Morgan fingerprint density at radius 1 is 1.24 bits per heavy atom. The van der Waals surface area contributed by atoms with Gasteiger partial charge in [-0.15, -0.1) is 0 Å². The third-order valence-corrected chi connectivity index (χ3v) is 5.05. The van der Waals surface area contributed by atoms with Crippen LogP contribution in [0, 0.1) is 0 Å². The van der Waals surface area contributed by atoms with Gasteiger partial charge in [-0.3, -0.25) is 0 Å². The highest BCUT2D eigenvalue weighted by Gasteiger charge is 2.40. The lowest BCUT2D eigenvalue weighted by Crippen LogP contribution is -2.12. The Hall–Kier alpha value is -0.470. The zero-order valence-corrected chi connectivity index (χ0v) is 11.0. The van der Waals surface area contributed by atoms with E-state index in [0.717, 1.165) is 25.2 Å². The minimum absolute atomic E-state index is 0.360. The standard InChI is InChI=1S/C15H20OS/c16-15(6-7-15)11-12-2-1-3-14(10-12)13-4-8-17-9-5-13/h1-3,10,13,16H,4-9,11H2. The summed E-state index contributed by atoms with van der Waals surface area (Å²) in [6, 6.07) is 8.92. The quantitative estimate of drug-likeness (QED) is 0.885. The summed E-state index contributed by atoms with van der Waals surface area (Å²) in [5.74, 6) is 3.36. The first kappa shape index (κ1) is 11.6. The second kappa shape index (κ2) is 4.66. The molecule has 1 aromatic carbocycles. The van der Waals surface area contributed by atoms with Gasteiger partial charge in [0.15, 0.2) is 0 Å². The fourth-order valence-corrected chi connectivity index (χ4v) is 3.80. The minimum atomic E-state index is -0.360. The summed E-state index contributed by atoms with van der Waals surface area (Å²) in [7, 11) is 0. The summed E-state index contributed by atoms with van der Waals surface area (Å²) < 4.78 is 0. The largest absolute Gasteiger partial charge is 0.390 e. The Bertz CT molecular complexity index is 392. The maximum Gasteiger partial charge on any atom is 0.0690 e. The van der Waals surface area contributed by atoms with Crippen molar-refractivity contribution in [3.05, 3.63) is 35.4 Å². The number of benzene rings is 1. The molecule has 2 fully saturated rings. The van der Waals surface area contributed by atoms with Crippen LogP contribution in [0.25, 0.3) is 0 Å². The van der Waals surface area contributed by atoms with Gasteiger partial charge in [-0.05, 0) is 54.2 Å². The number of aliphatic hydroxyl groups is 1. The van der Waals surface area contributed by atoms with Gasteiger partial charge in [0, 0.05) is 6.42 Å². The molecule has 1 nitrogen and oxygen atoms in total. The summed E-state index contributed by atoms with van der Waals surface area (Å²) in [5.41, 5.74) is 2.45. The Morgan fingerprint density at radius 2 is 2.00 bits per heavy atom. The van der Waals surface area contributed by atoms with Crippen LogP contribution in [0.15, 0.2) is 24.3 Å². The van der Waals surface area contributed by atoms with Gasteiger partial charge in [0.05, 0.1) is 5.60 Å². The van der Waals surface area contributed by atoms with Crippen molar-refractivity contribution in [2.24, 2.45) is 0 Å². The fraction of sp³-hybridized carbons (Fsp3) is 0.600. The van der Waals surface area contributed by atoms with Crippen LogP contribution in [0.5, 0.6) is 0 Å². The molecule has 1 aromatic rings. The molecule has 1 aliphatic carbocycles. The maximum absolute atomic E-state index is 9.98. The summed E-state index contributed by atoms with van der Waals surface area (Å²) >= 11 is 2.08. The average molecular weight is 248 g/mol. The second-order valence-corrected chi connectivity index (χ2v) is 6.76. The van der Waals surface area contributed by atoms with Gasteiger partial charge >= 0.3 is 0 Å². The fourth-order valence-electron chi connectivity index (χ4n) is 2.69. The van der Waals surface area contributed by atoms with Crippen LogP contribution in [0.3, 0.4) is 0 Å². The van der Waals surface area contributed by atoms with E-state index in [4.69, 9.17) is 0 Å². The predicted molar refractivity (Wildman–Crippen MR) is 73.6 cm³/mol. The van der Waals surface area contributed by atoms with Crippen molar-refractivity contribution in [1.29, 1.82) is 0 Å². The van der Waals surface area contributed by atoms with Gasteiger partial charge in [0.1, 0.15) is 0 Å². The molecule has 1 aliphatic heterocycles. The highest BCUT2D eigenvalue weighted by Crippen LogP contribution is 2.39. The van der Waals surface area contributed by atoms with E-state index in [-0.39, 0.29) is 5.60 Å². The normalized spacial score (nSPS) is 23.6. The SMILES string of the molecule is OC1(Cc2cccc(C3CCSCC3)c2)CC1. The van der Waals surface area contributed by atoms with Crippen LogP contribution in [0.1, 0.15) is 42.7 Å². The lowest BCUT2D eigenvalue weighted by Gasteiger charge is -2.22. The first-order chi connectivity index (χ1) is 8.25. The minimum Gasteiger partial charge on any atom is -0.390 e. The lowest BCUT2D eigenvalue weighted by atomic mass is 9.91. The second-order valence-electron chi connectivity index (χ2n) is 5.53. The molecule has 0 spiro atoms. The van der Waals surface area contributed by atoms with Crippen LogP contribution in [0.4, 0.5) is 0 Å². The Kier molecular flexibility index (Phi) is 3.18. The zero-order valence-electron chi connectivity index (χ0n) is 10.2. The first-order valence-electron chi connectivity index (χ1n) is 6.64. The van der Waals surface area contributed by atoms with E-state index >= 15 is 0 Å². The average Bonchev–Trinajstić information content (AvgIpc) is 3.08. The molecular formula is C15H20OS. The van der Waals surface area contributed by atoms with E-state index in [1.165, 1.54) is 35.5 Å². The van der Waals surface area contributed by atoms with Crippen molar-refractivity contribution in [2.75, 3.05) is 11.5 Å². The topological polar surface area (TPSA) is 20.2 Å². The molecule has 3 rings (SSSR count). The molecule has 1 N–H and O–H groups in total. The molecule has 0 aromatic heterocycles. The molecule has 1 heterocycles. The Morgan fingerprint density at radius 3 is 2.71 bits per heavy atom. The van der Waals surface area contributed by atoms with E-state index in [9.17, 15) is 5.11 Å². The van der Waals surface area contributed by atoms with Crippen molar-refractivity contribution in [2.45, 2.75) is 43.6 Å². The Labute approximate surface area is 108 Å². The molecule has 1 saturated heterocycles. The van der Waals surface area contributed by atoms with Crippen molar-refractivity contribution < 1.29 is 5.11 Å². The summed E-state index contributed by atoms with van der Waals surface area (Å²) in [4.78, 5) is 0. The molecule has 2 aliphatic rings. The Balaban J connectivity index is 1.73. The summed E-state index contributed by atoms with van der Waals surface area (Å²) in [6.07, 6.45) is 5.45. The number of hydrogen-bond donors (Lipinski definition) is 1. The molecule has 0 amide bonds. The third kappa shape index (κ3) is 2.86. The van der Waals surface area contributed by atoms with E-state index in [1.807, 2.05) is 0 Å². The molecular weight excluding hydrogens is 228 g/mol. The van der Waals surface area contributed by atoms with E-state index in [2.05, 4.69) is 36.0 Å². The van der Waals surface area contributed by atoms with Crippen LogP contribution in [-0.2, 0) is 6.42 Å². The number of thioether (sulfide) groups is 1. The van der Waals surface area contributed by atoms with Crippen molar-refractivity contribution >= 4 is 11.8 Å². The monoisotopic (exact) mass is 248 g/mol. The van der Waals surface area contributed by atoms with Gasteiger partial charge in [-0.1, -0.05) is 24.3 Å². The van der Waals surface area contributed by atoms with Crippen LogP contribution >= 0.6 is 11.8 Å². The summed E-state index contributed by atoms with van der Waals surface area (Å²) in [6.45, 7) is 0. The third-order valence-electron chi connectivity index (χ3n) is 4.00. The number of rotatable bonds is 3. The maximum atomic E-state index is 9.98. The highest BCUT2D eigenvalue weighted by molar-refractivity contribution is 7.99. The molecule has 0 bridgehead atoms. The molecule has 92 valence electrons.